The van der Waals surface area contributed by atoms with E-state index in [0.717, 1.165) is 32.1 Å². The van der Waals surface area contributed by atoms with E-state index >= 15 is 0 Å². The Morgan fingerprint density at radius 2 is 2.11 bits per heavy atom. The maximum Gasteiger partial charge on any atom is 0.303 e. The third-order valence-electron chi connectivity index (χ3n) is 7.83. The van der Waals surface area contributed by atoms with Crippen LogP contribution in [0.5, 0.6) is 11.5 Å². The first kappa shape index (κ1) is 19.3. The lowest BCUT2D eigenvalue weighted by atomic mass is 9.54. The molecule has 0 radical (unpaired) electrons. The Hall–Kier alpha value is -2.04. The molecule has 2 saturated carbocycles. The SMILES string of the molecule is COc1cc2c(cc1O)CCC1C2CC[C@]2(C)C(=O)C[C@H](CCCC(=O)O)C12. The summed E-state index contributed by atoms with van der Waals surface area (Å²) in [5.41, 5.74) is 2.22. The fourth-order valence-corrected chi connectivity index (χ4v) is 6.59. The molecule has 3 aliphatic carbocycles. The molecule has 5 atom stereocenters. The Bertz CT molecular complexity index is 800. The lowest BCUT2D eigenvalue weighted by Gasteiger charge is -2.50. The predicted molar refractivity (Wildman–Crippen MR) is 105 cm³/mol. The Morgan fingerprint density at radius 3 is 2.82 bits per heavy atom. The number of carbonyl (C=O) groups excluding carboxylic acids is 1. The first-order chi connectivity index (χ1) is 13.3. The average Bonchev–Trinajstić information content (AvgIpc) is 2.91. The van der Waals surface area contributed by atoms with Crippen molar-refractivity contribution in [2.24, 2.45) is 23.2 Å². The number of methoxy groups -OCH3 is 1. The molecule has 2 fully saturated rings. The molecule has 2 N–H and O–H groups in total. The van der Waals surface area contributed by atoms with Crippen molar-refractivity contribution in [3.8, 4) is 11.5 Å². The standard InChI is InChI=1S/C23H30O5/c1-23-9-8-15-16(7-6-13-10-18(24)19(28-2)12-17(13)15)22(23)14(11-20(23)25)4-3-5-21(26)27/h10,12,14-16,22,24H,3-9,11H2,1-2H3,(H,26,27)/t14-,15?,16?,22?,23+/m0/s1. The lowest BCUT2D eigenvalue weighted by Crippen LogP contribution is -2.44. The normalized spacial score (nSPS) is 33.7. The van der Waals surface area contributed by atoms with E-state index in [4.69, 9.17) is 9.84 Å². The highest BCUT2D eigenvalue weighted by Crippen LogP contribution is 2.62. The Morgan fingerprint density at radius 1 is 1.32 bits per heavy atom. The summed E-state index contributed by atoms with van der Waals surface area (Å²) in [6, 6.07) is 3.85. The van der Waals surface area contributed by atoms with Gasteiger partial charge in [0.05, 0.1) is 7.11 Å². The van der Waals surface area contributed by atoms with Crippen LogP contribution in [0.1, 0.15) is 68.9 Å². The van der Waals surface area contributed by atoms with E-state index in [9.17, 15) is 14.7 Å². The lowest BCUT2D eigenvalue weighted by molar-refractivity contribution is -0.137. The summed E-state index contributed by atoms with van der Waals surface area (Å²) in [6.45, 7) is 2.15. The third kappa shape index (κ3) is 2.99. The minimum atomic E-state index is -0.757. The number of aromatic hydroxyl groups is 1. The van der Waals surface area contributed by atoms with Gasteiger partial charge < -0.3 is 14.9 Å². The number of benzene rings is 1. The average molecular weight is 386 g/mol. The summed E-state index contributed by atoms with van der Waals surface area (Å²) in [6.07, 6.45) is 6.10. The summed E-state index contributed by atoms with van der Waals surface area (Å²) >= 11 is 0. The van der Waals surface area contributed by atoms with E-state index in [1.54, 1.807) is 7.11 Å². The molecule has 0 spiro atoms. The molecular formula is C23H30O5. The van der Waals surface area contributed by atoms with E-state index in [1.165, 1.54) is 11.1 Å². The van der Waals surface area contributed by atoms with Crippen LogP contribution in [0, 0.1) is 23.2 Å². The molecule has 0 heterocycles. The molecule has 0 bridgehead atoms. The summed E-state index contributed by atoms with van der Waals surface area (Å²) in [5, 5.41) is 19.1. The molecule has 5 nitrogen and oxygen atoms in total. The highest BCUT2D eigenvalue weighted by molar-refractivity contribution is 5.87. The summed E-state index contributed by atoms with van der Waals surface area (Å²) < 4.78 is 5.35. The van der Waals surface area contributed by atoms with Gasteiger partial charge in [-0.3, -0.25) is 9.59 Å². The molecule has 0 amide bonds. The van der Waals surface area contributed by atoms with E-state index in [-0.39, 0.29) is 17.6 Å². The summed E-state index contributed by atoms with van der Waals surface area (Å²) in [7, 11) is 1.58. The molecule has 3 unspecified atom stereocenters. The molecule has 152 valence electrons. The monoisotopic (exact) mass is 386 g/mol. The fourth-order valence-electron chi connectivity index (χ4n) is 6.59. The largest absolute Gasteiger partial charge is 0.504 e. The van der Waals surface area contributed by atoms with Gasteiger partial charge in [-0.05, 0) is 85.5 Å². The highest BCUT2D eigenvalue weighted by atomic mass is 16.5. The summed E-state index contributed by atoms with van der Waals surface area (Å²) in [4.78, 5) is 23.9. The van der Waals surface area contributed by atoms with Crippen LogP contribution in [0.4, 0.5) is 0 Å². The van der Waals surface area contributed by atoms with Crippen LogP contribution in [-0.2, 0) is 16.0 Å². The molecule has 0 saturated heterocycles. The van der Waals surface area contributed by atoms with Gasteiger partial charge in [-0.2, -0.15) is 0 Å². The molecule has 3 aliphatic rings. The van der Waals surface area contributed by atoms with E-state index in [2.05, 4.69) is 6.92 Å². The van der Waals surface area contributed by atoms with E-state index in [0.29, 0.717) is 48.0 Å². The Labute approximate surface area is 166 Å². The van der Waals surface area contributed by atoms with Crippen molar-refractivity contribution >= 4 is 11.8 Å². The third-order valence-corrected chi connectivity index (χ3v) is 7.83. The van der Waals surface area contributed by atoms with Crippen molar-refractivity contribution in [1.82, 2.24) is 0 Å². The number of ketones is 1. The van der Waals surface area contributed by atoms with Gasteiger partial charge in [-0.25, -0.2) is 0 Å². The first-order valence-corrected chi connectivity index (χ1v) is 10.5. The van der Waals surface area contributed by atoms with Crippen molar-refractivity contribution < 1.29 is 24.5 Å². The second-order valence-corrected chi connectivity index (χ2v) is 9.19. The molecule has 1 aromatic rings. The van der Waals surface area contributed by atoms with Gasteiger partial charge in [0, 0.05) is 18.3 Å². The molecule has 1 aromatic carbocycles. The number of rotatable bonds is 5. The first-order valence-electron chi connectivity index (χ1n) is 10.5. The zero-order valence-corrected chi connectivity index (χ0v) is 16.7. The van der Waals surface area contributed by atoms with Crippen LogP contribution >= 0.6 is 0 Å². The van der Waals surface area contributed by atoms with Crippen molar-refractivity contribution in [1.29, 1.82) is 0 Å². The number of phenols is 1. The molecular weight excluding hydrogens is 356 g/mol. The number of carboxylic acid groups (broad SMARTS) is 1. The fraction of sp³-hybridized carbons (Fsp3) is 0.652. The van der Waals surface area contributed by atoms with Crippen LogP contribution < -0.4 is 4.74 Å². The number of hydrogen-bond donors (Lipinski definition) is 2. The van der Waals surface area contributed by atoms with Crippen molar-refractivity contribution in [3.05, 3.63) is 23.3 Å². The second kappa shape index (κ2) is 7.09. The van der Waals surface area contributed by atoms with E-state index in [1.807, 2.05) is 12.1 Å². The second-order valence-electron chi connectivity index (χ2n) is 9.19. The Kier molecular flexibility index (Phi) is 4.88. The van der Waals surface area contributed by atoms with Gasteiger partial charge >= 0.3 is 5.97 Å². The number of fused-ring (bicyclic) bond motifs is 5. The van der Waals surface area contributed by atoms with Crippen LogP contribution in [0.3, 0.4) is 0 Å². The van der Waals surface area contributed by atoms with Gasteiger partial charge in [0.1, 0.15) is 5.78 Å². The number of aliphatic carboxylic acids is 1. The van der Waals surface area contributed by atoms with Gasteiger partial charge in [0.15, 0.2) is 11.5 Å². The molecule has 28 heavy (non-hydrogen) atoms. The number of aryl methyl sites for hydroxylation is 1. The topological polar surface area (TPSA) is 83.8 Å². The molecule has 0 aromatic heterocycles. The zero-order valence-electron chi connectivity index (χ0n) is 16.7. The van der Waals surface area contributed by atoms with Crippen LogP contribution in [0.15, 0.2) is 12.1 Å². The minimum absolute atomic E-state index is 0.182. The van der Waals surface area contributed by atoms with Crippen LogP contribution in [-0.4, -0.2) is 29.1 Å². The van der Waals surface area contributed by atoms with Gasteiger partial charge in [-0.1, -0.05) is 6.92 Å². The van der Waals surface area contributed by atoms with Crippen LogP contribution in [0.2, 0.25) is 0 Å². The van der Waals surface area contributed by atoms with E-state index < -0.39 is 5.97 Å². The summed E-state index contributed by atoms with van der Waals surface area (Å²) in [5.74, 6) is 1.81. The zero-order chi connectivity index (χ0) is 20.1. The number of ether oxygens (including phenoxy) is 1. The van der Waals surface area contributed by atoms with Gasteiger partial charge in [-0.15, -0.1) is 0 Å². The number of carbonyl (C=O) groups is 2. The maximum absolute atomic E-state index is 12.9. The smallest absolute Gasteiger partial charge is 0.303 e. The van der Waals surface area contributed by atoms with Crippen molar-refractivity contribution in [2.75, 3.05) is 7.11 Å². The maximum atomic E-state index is 12.9. The van der Waals surface area contributed by atoms with Crippen molar-refractivity contribution in [2.45, 2.75) is 64.2 Å². The quantitative estimate of drug-likeness (QED) is 0.788. The highest BCUT2D eigenvalue weighted by Gasteiger charge is 2.58. The number of carboxylic acids is 1. The number of hydrogen-bond acceptors (Lipinski definition) is 4. The Balaban J connectivity index is 1.64. The molecule has 5 heteroatoms. The van der Waals surface area contributed by atoms with Crippen molar-refractivity contribution in [3.63, 3.8) is 0 Å². The molecule has 4 rings (SSSR count). The van der Waals surface area contributed by atoms with Gasteiger partial charge in [0.2, 0.25) is 0 Å². The van der Waals surface area contributed by atoms with Crippen LogP contribution in [0.25, 0.3) is 0 Å². The number of phenolic OH excluding ortho intramolecular Hbond substituents is 1. The minimum Gasteiger partial charge on any atom is -0.504 e. The predicted octanol–water partition coefficient (Wildman–Crippen LogP) is 4.31. The van der Waals surface area contributed by atoms with Gasteiger partial charge in [0.25, 0.3) is 0 Å². The molecule has 0 aliphatic heterocycles. The number of Topliss-reactive ketones (excluding diaryl/α,β-unsaturated/α-hetero) is 1.